The normalized spacial score (nSPS) is 21.1. The van der Waals surface area contributed by atoms with Gasteiger partial charge >= 0.3 is 0 Å². The lowest BCUT2D eigenvalue weighted by Crippen LogP contribution is -2.49. The average Bonchev–Trinajstić information content (AvgIpc) is 3.26. The predicted octanol–water partition coefficient (Wildman–Crippen LogP) is 2.37. The number of nitrogens with zero attached hydrogens (tertiary/aromatic N) is 2. The summed E-state index contributed by atoms with van der Waals surface area (Å²) in [7, 11) is 0. The summed E-state index contributed by atoms with van der Waals surface area (Å²) in [6.45, 7) is 5.25. The highest BCUT2D eigenvalue weighted by molar-refractivity contribution is 7.12. The van der Waals surface area contributed by atoms with Crippen LogP contribution in [0.15, 0.2) is 17.5 Å². The Balaban J connectivity index is 1.50. The van der Waals surface area contributed by atoms with Gasteiger partial charge in [0, 0.05) is 38.6 Å². The van der Waals surface area contributed by atoms with Crippen LogP contribution in [0.2, 0.25) is 0 Å². The van der Waals surface area contributed by atoms with E-state index in [0.717, 1.165) is 30.7 Å². The van der Waals surface area contributed by atoms with E-state index in [4.69, 9.17) is 0 Å². The monoisotopic (exact) mass is 391 g/mol. The molecule has 1 unspecified atom stereocenters. The van der Waals surface area contributed by atoms with E-state index in [0.29, 0.717) is 39.0 Å². The molecule has 1 aromatic rings. The van der Waals surface area contributed by atoms with Crippen molar-refractivity contribution in [1.82, 2.24) is 15.1 Å². The van der Waals surface area contributed by atoms with Gasteiger partial charge in [0.05, 0.1) is 10.8 Å². The largest absolute Gasteiger partial charge is 0.356 e. The van der Waals surface area contributed by atoms with Crippen LogP contribution in [0, 0.1) is 11.8 Å². The highest BCUT2D eigenvalue weighted by Gasteiger charge is 2.34. The first-order valence-electron chi connectivity index (χ1n) is 9.99. The van der Waals surface area contributed by atoms with E-state index in [1.807, 2.05) is 34.2 Å². The molecule has 1 N–H and O–H groups in total. The summed E-state index contributed by atoms with van der Waals surface area (Å²) in [5.74, 6) is 0.183. The van der Waals surface area contributed by atoms with E-state index in [1.54, 1.807) is 0 Å². The van der Waals surface area contributed by atoms with Crippen molar-refractivity contribution in [2.24, 2.45) is 11.8 Å². The van der Waals surface area contributed by atoms with Crippen LogP contribution >= 0.6 is 11.3 Å². The Morgan fingerprint density at radius 3 is 2.56 bits per heavy atom. The topological polar surface area (TPSA) is 69.7 Å². The fourth-order valence-corrected chi connectivity index (χ4v) is 4.62. The number of hydrogen-bond donors (Lipinski definition) is 1. The molecule has 148 valence electrons. The van der Waals surface area contributed by atoms with Gasteiger partial charge in [0.25, 0.3) is 5.91 Å². The first-order valence-corrected chi connectivity index (χ1v) is 10.9. The summed E-state index contributed by atoms with van der Waals surface area (Å²) in [4.78, 5) is 42.1. The van der Waals surface area contributed by atoms with E-state index >= 15 is 0 Å². The van der Waals surface area contributed by atoms with Crippen molar-refractivity contribution in [3.05, 3.63) is 22.4 Å². The zero-order chi connectivity index (χ0) is 19.2. The van der Waals surface area contributed by atoms with Crippen LogP contribution < -0.4 is 5.32 Å². The number of carbonyl (C=O) groups is 3. The van der Waals surface area contributed by atoms with Crippen LogP contribution in [0.4, 0.5) is 0 Å². The van der Waals surface area contributed by atoms with Gasteiger partial charge in [-0.05, 0) is 43.6 Å². The maximum atomic E-state index is 12.9. The molecule has 2 aliphatic rings. The Morgan fingerprint density at radius 1 is 1.11 bits per heavy atom. The standard InChI is InChI=1S/C20H29N3O3S/c1-2-9-21-18(24)16-5-3-10-23(14-16)19(25)15-7-11-22(12-8-15)20(26)17-6-4-13-27-17/h4,6,13,15-16H,2-3,5,7-12,14H2,1H3,(H,21,24). The lowest BCUT2D eigenvalue weighted by Gasteiger charge is -2.37. The van der Waals surface area contributed by atoms with Gasteiger partial charge in [-0.1, -0.05) is 13.0 Å². The van der Waals surface area contributed by atoms with E-state index in [1.165, 1.54) is 11.3 Å². The van der Waals surface area contributed by atoms with Gasteiger partial charge in [0.2, 0.25) is 11.8 Å². The predicted molar refractivity (Wildman–Crippen MR) is 106 cm³/mol. The first kappa shape index (κ1) is 19.9. The Labute approximate surface area is 164 Å². The molecule has 0 radical (unpaired) electrons. The maximum absolute atomic E-state index is 12.9. The van der Waals surface area contributed by atoms with Crippen molar-refractivity contribution in [2.75, 3.05) is 32.7 Å². The third-order valence-corrected chi connectivity index (χ3v) is 6.37. The number of rotatable bonds is 5. The minimum Gasteiger partial charge on any atom is -0.356 e. The lowest BCUT2D eigenvalue weighted by molar-refractivity contribution is -0.140. The van der Waals surface area contributed by atoms with Crippen LogP contribution in [-0.2, 0) is 9.59 Å². The number of nitrogens with one attached hydrogen (secondary N) is 1. The molecule has 27 heavy (non-hydrogen) atoms. The molecule has 2 aliphatic heterocycles. The molecule has 0 aromatic carbocycles. The van der Waals surface area contributed by atoms with Crippen molar-refractivity contribution in [3.63, 3.8) is 0 Å². The first-order chi connectivity index (χ1) is 13.1. The molecular formula is C20H29N3O3S. The van der Waals surface area contributed by atoms with Crippen LogP contribution in [0.25, 0.3) is 0 Å². The fourth-order valence-electron chi connectivity index (χ4n) is 3.93. The molecule has 2 fully saturated rings. The summed E-state index contributed by atoms with van der Waals surface area (Å²) < 4.78 is 0. The minimum atomic E-state index is -0.0882. The molecule has 6 nitrogen and oxygen atoms in total. The molecule has 2 saturated heterocycles. The third-order valence-electron chi connectivity index (χ3n) is 5.52. The molecular weight excluding hydrogens is 362 g/mol. The lowest BCUT2D eigenvalue weighted by atomic mass is 9.91. The molecule has 3 rings (SSSR count). The van der Waals surface area contributed by atoms with Crippen LogP contribution in [0.3, 0.4) is 0 Å². The van der Waals surface area contributed by atoms with E-state index < -0.39 is 0 Å². The summed E-state index contributed by atoms with van der Waals surface area (Å²) >= 11 is 1.46. The molecule has 0 aliphatic carbocycles. The van der Waals surface area contributed by atoms with Gasteiger partial charge in [-0.3, -0.25) is 14.4 Å². The zero-order valence-electron chi connectivity index (χ0n) is 16.0. The third kappa shape index (κ3) is 4.89. The molecule has 3 heterocycles. The van der Waals surface area contributed by atoms with Crippen LogP contribution in [-0.4, -0.2) is 60.2 Å². The molecule has 0 bridgehead atoms. The molecule has 1 aromatic heterocycles. The molecule has 7 heteroatoms. The average molecular weight is 392 g/mol. The molecule has 0 spiro atoms. The van der Waals surface area contributed by atoms with Gasteiger partial charge in [-0.25, -0.2) is 0 Å². The number of likely N-dealkylation sites (tertiary alicyclic amines) is 2. The SMILES string of the molecule is CCCNC(=O)C1CCCN(C(=O)C2CCN(C(=O)c3cccs3)CC2)C1. The van der Waals surface area contributed by atoms with Crippen molar-refractivity contribution in [3.8, 4) is 0 Å². The number of thiophene rings is 1. The second-order valence-electron chi connectivity index (χ2n) is 7.46. The number of piperidine rings is 2. The quantitative estimate of drug-likeness (QED) is 0.838. The van der Waals surface area contributed by atoms with Crippen LogP contribution in [0.5, 0.6) is 0 Å². The highest BCUT2D eigenvalue weighted by Crippen LogP contribution is 2.25. The number of amides is 3. The maximum Gasteiger partial charge on any atom is 0.263 e. The summed E-state index contributed by atoms with van der Waals surface area (Å²) in [6.07, 6.45) is 4.07. The van der Waals surface area contributed by atoms with Gasteiger partial charge in [-0.15, -0.1) is 11.3 Å². The Morgan fingerprint density at radius 2 is 1.89 bits per heavy atom. The summed E-state index contributed by atoms with van der Waals surface area (Å²) in [5, 5.41) is 4.86. The Hall–Kier alpha value is -1.89. The minimum absolute atomic E-state index is 0.0326. The van der Waals surface area contributed by atoms with Gasteiger partial charge in [-0.2, -0.15) is 0 Å². The van der Waals surface area contributed by atoms with E-state index in [9.17, 15) is 14.4 Å². The second kappa shape index (κ2) is 9.35. The Kier molecular flexibility index (Phi) is 6.88. The second-order valence-corrected chi connectivity index (χ2v) is 8.41. The molecule has 0 saturated carbocycles. The molecule has 3 amide bonds. The number of carbonyl (C=O) groups excluding carboxylic acids is 3. The fraction of sp³-hybridized carbons (Fsp3) is 0.650. The van der Waals surface area contributed by atoms with Gasteiger partial charge in [0.15, 0.2) is 0 Å². The summed E-state index contributed by atoms with van der Waals surface area (Å²) in [6, 6.07) is 3.74. The van der Waals surface area contributed by atoms with Crippen LogP contribution in [0.1, 0.15) is 48.7 Å². The Bertz CT molecular complexity index is 653. The highest BCUT2D eigenvalue weighted by atomic mass is 32.1. The van der Waals surface area contributed by atoms with Gasteiger partial charge < -0.3 is 15.1 Å². The summed E-state index contributed by atoms with van der Waals surface area (Å²) in [5.41, 5.74) is 0. The van der Waals surface area contributed by atoms with Crippen molar-refractivity contribution in [2.45, 2.75) is 39.0 Å². The smallest absolute Gasteiger partial charge is 0.263 e. The molecule has 1 atom stereocenters. The van der Waals surface area contributed by atoms with E-state index in [-0.39, 0.29) is 29.6 Å². The van der Waals surface area contributed by atoms with Gasteiger partial charge in [0.1, 0.15) is 0 Å². The van der Waals surface area contributed by atoms with Crippen molar-refractivity contribution < 1.29 is 14.4 Å². The van der Waals surface area contributed by atoms with Crippen molar-refractivity contribution >= 4 is 29.1 Å². The zero-order valence-corrected chi connectivity index (χ0v) is 16.8. The van der Waals surface area contributed by atoms with Crippen molar-refractivity contribution in [1.29, 1.82) is 0 Å². The number of hydrogen-bond acceptors (Lipinski definition) is 4. The van der Waals surface area contributed by atoms with E-state index in [2.05, 4.69) is 5.32 Å².